The van der Waals surface area contributed by atoms with Gasteiger partial charge in [0.1, 0.15) is 12.6 Å². The number of halogens is 1. The maximum atomic E-state index is 12.6. The van der Waals surface area contributed by atoms with Crippen LogP contribution in [0.1, 0.15) is 23.5 Å². The SMILES string of the molecule is O=C(O)[C@@H]1C[C@H](S(=O)(=O)Cl)CN1C(=O)OCC1c2ccccc2-c2ccccc21. The molecule has 0 unspecified atom stereocenters. The Kier molecular flexibility index (Phi) is 5.00. The Morgan fingerprint density at radius 1 is 1.07 bits per heavy atom. The molecule has 1 amide bonds. The Bertz CT molecular complexity index is 1040. The minimum Gasteiger partial charge on any atom is -0.480 e. The summed E-state index contributed by atoms with van der Waals surface area (Å²) in [5, 5.41) is 8.24. The summed E-state index contributed by atoms with van der Waals surface area (Å²) >= 11 is 0. The first-order valence-electron chi connectivity index (χ1n) is 9.05. The molecule has 152 valence electrons. The van der Waals surface area contributed by atoms with E-state index in [4.69, 9.17) is 15.4 Å². The number of carbonyl (C=O) groups excluding carboxylic acids is 1. The van der Waals surface area contributed by atoms with E-state index in [9.17, 15) is 23.1 Å². The van der Waals surface area contributed by atoms with E-state index in [0.29, 0.717) is 0 Å². The third kappa shape index (κ3) is 3.58. The molecule has 2 atom stereocenters. The van der Waals surface area contributed by atoms with E-state index in [0.717, 1.165) is 27.2 Å². The normalized spacial score (nSPS) is 20.9. The van der Waals surface area contributed by atoms with Gasteiger partial charge in [-0.15, -0.1) is 0 Å². The number of nitrogens with zero attached hydrogens (tertiary/aromatic N) is 1. The number of hydrogen-bond donors (Lipinski definition) is 1. The fraction of sp³-hybridized carbons (Fsp3) is 0.300. The van der Waals surface area contributed by atoms with Crippen LogP contribution in [0.3, 0.4) is 0 Å². The molecule has 4 rings (SSSR count). The zero-order valence-electron chi connectivity index (χ0n) is 15.2. The molecule has 1 saturated heterocycles. The van der Waals surface area contributed by atoms with Gasteiger partial charge in [0.05, 0.1) is 5.25 Å². The lowest BCUT2D eigenvalue weighted by Gasteiger charge is -2.22. The number of likely N-dealkylation sites (tertiary alicyclic amines) is 1. The number of carboxylic acid groups (broad SMARTS) is 1. The second-order valence-electron chi connectivity index (χ2n) is 7.14. The molecule has 0 spiro atoms. The summed E-state index contributed by atoms with van der Waals surface area (Å²) in [6.07, 6.45) is -1.12. The van der Waals surface area contributed by atoms with Crippen molar-refractivity contribution >= 4 is 31.8 Å². The fourth-order valence-corrected chi connectivity index (χ4v) is 5.25. The van der Waals surface area contributed by atoms with Gasteiger partial charge in [-0.05, 0) is 28.7 Å². The van der Waals surface area contributed by atoms with Gasteiger partial charge in [-0.25, -0.2) is 18.0 Å². The molecule has 2 aromatic rings. The average Bonchev–Trinajstić information content (AvgIpc) is 3.27. The van der Waals surface area contributed by atoms with Gasteiger partial charge < -0.3 is 9.84 Å². The number of fused-ring (bicyclic) bond motifs is 3. The van der Waals surface area contributed by atoms with Crippen LogP contribution in [0.2, 0.25) is 0 Å². The summed E-state index contributed by atoms with van der Waals surface area (Å²) < 4.78 is 28.7. The summed E-state index contributed by atoms with van der Waals surface area (Å²) in [5.74, 6) is -1.47. The second kappa shape index (κ2) is 7.35. The number of amides is 1. The van der Waals surface area contributed by atoms with Crippen LogP contribution in [0.5, 0.6) is 0 Å². The largest absolute Gasteiger partial charge is 0.480 e. The first-order chi connectivity index (χ1) is 13.8. The van der Waals surface area contributed by atoms with Crippen LogP contribution < -0.4 is 0 Å². The van der Waals surface area contributed by atoms with Gasteiger partial charge in [-0.3, -0.25) is 4.90 Å². The monoisotopic (exact) mass is 435 g/mol. The third-order valence-corrected chi connectivity index (χ3v) is 7.41. The molecule has 1 heterocycles. The first-order valence-corrected chi connectivity index (χ1v) is 11.4. The molecular formula is C20H18ClNO6S. The molecule has 1 aliphatic carbocycles. The zero-order valence-corrected chi connectivity index (χ0v) is 16.8. The van der Waals surface area contributed by atoms with Crippen molar-refractivity contribution in [2.45, 2.75) is 23.6 Å². The number of benzene rings is 2. The van der Waals surface area contributed by atoms with Crippen LogP contribution in [0.15, 0.2) is 48.5 Å². The average molecular weight is 436 g/mol. The van der Waals surface area contributed by atoms with Crippen molar-refractivity contribution in [2.75, 3.05) is 13.2 Å². The standard InChI is InChI=1S/C20H18ClNO6S/c21-29(26,27)12-9-18(19(23)24)22(10-12)20(25)28-11-17-15-7-3-1-5-13(15)14-6-2-4-8-16(14)17/h1-8,12,17-18H,9-11H2,(H,23,24)/t12-,18-/m0/s1. The minimum absolute atomic E-state index is 0.0218. The van der Waals surface area contributed by atoms with Gasteiger partial charge in [0.2, 0.25) is 9.05 Å². The second-order valence-corrected chi connectivity index (χ2v) is 10.1. The quantitative estimate of drug-likeness (QED) is 0.741. The molecule has 0 radical (unpaired) electrons. The van der Waals surface area contributed by atoms with Crippen molar-refractivity contribution in [1.82, 2.24) is 4.90 Å². The Morgan fingerprint density at radius 2 is 1.62 bits per heavy atom. The minimum atomic E-state index is -3.99. The molecule has 9 heteroatoms. The van der Waals surface area contributed by atoms with Crippen molar-refractivity contribution in [1.29, 1.82) is 0 Å². The van der Waals surface area contributed by atoms with E-state index in [1.165, 1.54) is 0 Å². The van der Waals surface area contributed by atoms with Crippen LogP contribution in [-0.2, 0) is 18.6 Å². The van der Waals surface area contributed by atoms with E-state index < -0.39 is 32.4 Å². The van der Waals surface area contributed by atoms with Crippen molar-refractivity contribution in [2.24, 2.45) is 0 Å². The zero-order chi connectivity index (χ0) is 20.8. The predicted octanol–water partition coefficient (Wildman–Crippen LogP) is 3.03. The Balaban J connectivity index is 1.53. The van der Waals surface area contributed by atoms with Crippen LogP contribution in [0.25, 0.3) is 11.1 Å². The van der Waals surface area contributed by atoms with Gasteiger partial charge in [-0.2, -0.15) is 0 Å². The molecule has 1 aliphatic heterocycles. The molecule has 2 aromatic carbocycles. The van der Waals surface area contributed by atoms with Crippen molar-refractivity contribution < 1.29 is 27.9 Å². The Hall–Kier alpha value is -2.58. The number of rotatable bonds is 4. The maximum absolute atomic E-state index is 12.6. The van der Waals surface area contributed by atoms with Gasteiger partial charge in [0.25, 0.3) is 0 Å². The van der Waals surface area contributed by atoms with Gasteiger partial charge in [-0.1, -0.05) is 48.5 Å². The highest BCUT2D eigenvalue weighted by molar-refractivity contribution is 8.14. The molecule has 2 aliphatic rings. The van der Waals surface area contributed by atoms with Crippen LogP contribution >= 0.6 is 10.7 Å². The van der Waals surface area contributed by atoms with E-state index in [2.05, 4.69) is 0 Å². The molecule has 1 fully saturated rings. The van der Waals surface area contributed by atoms with Gasteiger partial charge in [0, 0.05) is 23.1 Å². The van der Waals surface area contributed by atoms with Crippen molar-refractivity contribution in [3.8, 4) is 11.1 Å². The van der Waals surface area contributed by atoms with Gasteiger partial charge >= 0.3 is 12.1 Å². The maximum Gasteiger partial charge on any atom is 0.410 e. The summed E-state index contributed by atoms with van der Waals surface area (Å²) in [4.78, 5) is 25.0. The molecule has 1 N–H and O–H groups in total. The first kappa shape index (κ1) is 19.7. The third-order valence-electron chi connectivity index (χ3n) is 5.52. The van der Waals surface area contributed by atoms with E-state index in [1.54, 1.807) is 0 Å². The van der Waals surface area contributed by atoms with Crippen LogP contribution in [0, 0.1) is 0 Å². The van der Waals surface area contributed by atoms with Crippen molar-refractivity contribution in [3.05, 3.63) is 59.7 Å². The molecule has 0 saturated carbocycles. The lowest BCUT2D eigenvalue weighted by atomic mass is 9.98. The molecule has 0 aromatic heterocycles. The Morgan fingerprint density at radius 3 is 2.14 bits per heavy atom. The van der Waals surface area contributed by atoms with Crippen LogP contribution in [-0.4, -0.2) is 54.9 Å². The molecule has 29 heavy (non-hydrogen) atoms. The molecule has 7 nitrogen and oxygen atoms in total. The lowest BCUT2D eigenvalue weighted by molar-refractivity contribution is -0.141. The highest BCUT2D eigenvalue weighted by atomic mass is 35.7. The number of ether oxygens (including phenoxy) is 1. The van der Waals surface area contributed by atoms with E-state index >= 15 is 0 Å². The predicted molar refractivity (Wildman–Crippen MR) is 106 cm³/mol. The smallest absolute Gasteiger partial charge is 0.410 e. The highest BCUT2D eigenvalue weighted by Crippen LogP contribution is 2.44. The number of aliphatic carboxylic acids is 1. The number of carboxylic acids is 1. The van der Waals surface area contributed by atoms with Crippen LogP contribution in [0.4, 0.5) is 4.79 Å². The molecule has 0 bridgehead atoms. The number of carbonyl (C=O) groups is 2. The highest BCUT2D eigenvalue weighted by Gasteiger charge is 2.45. The summed E-state index contributed by atoms with van der Waals surface area (Å²) in [6.45, 7) is -0.284. The fourth-order valence-electron chi connectivity index (χ4n) is 4.11. The summed E-state index contributed by atoms with van der Waals surface area (Å²) in [5.41, 5.74) is 4.20. The van der Waals surface area contributed by atoms with Crippen molar-refractivity contribution in [3.63, 3.8) is 0 Å². The Labute approximate surface area is 172 Å². The molecular weight excluding hydrogens is 418 g/mol. The van der Waals surface area contributed by atoms with E-state index in [-0.39, 0.29) is 25.5 Å². The number of hydrogen-bond acceptors (Lipinski definition) is 5. The van der Waals surface area contributed by atoms with E-state index in [1.807, 2.05) is 48.5 Å². The van der Waals surface area contributed by atoms with Gasteiger partial charge in [0.15, 0.2) is 0 Å². The lowest BCUT2D eigenvalue weighted by Crippen LogP contribution is -2.41. The summed E-state index contributed by atoms with van der Waals surface area (Å²) in [7, 11) is 1.39. The topological polar surface area (TPSA) is 101 Å². The summed E-state index contributed by atoms with van der Waals surface area (Å²) in [6, 6.07) is 14.4.